The zero-order chi connectivity index (χ0) is 28.1. The minimum atomic E-state index is -1.61. The van der Waals surface area contributed by atoms with Gasteiger partial charge in [-0.25, -0.2) is 0 Å². The summed E-state index contributed by atoms with van der Waals surface area (Å²) in [4.78, 5) is 52.2. The molecule has 1 aromatic carbocycles. The zero-order valence-corrected chi connectivity index (χ0v) is 21.5. The molecule has 1 fully saturated rings. The van der Waals surface area contributed by atoms with E-state index in [4.69, 9.17) is 4.74 Å². The molecule has 0 amide bonds. The molecule has 0 aromatic heterocycles. The summed E-state index contributed by atoms with van der Waals surface area (Å²) in [5, 5.41) is 45.6. The highest BCUT2D eigenvalue weighted by molar-refractivity contribution is 5.78. The fraction of sp³-hybridized carbons (Fsp3) is 0.600. The Bertz CT molecular complexity index is 896. The third-order valence-electron chi connectivity index (χ3n) is 6.29. The van der Waals surface area contributed by atoms with Crippen LogP contribution in [0, 0.1) is 0 Å². The van der Waals surface area contributed by atoms with Gasteiger partial charge in [-0.1, -0.05) is 12.1 Å². The van der Waals surface area contributed by atoms with Crippen LogP contribution in [-0.2, 0) is 25.7 Å². The molecule has 2 rings (SSSR count). The van der Waals surface area contributed by atoms with E-state index in [-0.39, 0.29) is 26.2 Å². The molecule has 13 nitrogen and oxygen atoms in total. The number of carbonyl (C=O) groups excluding carboxylic acids is 4. The zero-order valence-electron chi connectivity index (χ0n) is 21.5. The van der Waals surface area contributed by atoms with Crippen molar-refractivity contribution in [1.82, 2.24) is 19.6 Å². The normalized spacial score (nSPS) is 18.1. The summed E-state index contributed by atoms with van der Waals surface area (Å²) in [6.45, 7) is 3.89. The Morgan fingerprint density at radius 2 is 1.21 bits per heavy atom. The predicted molar refractivity (Wildman–Crippen MR) is 126 cm³/mol. The van der Waals surface area contributed by atoms with Gasteiger partial charge in [0.2, 0.25) is 0 Å². The van der Waals surface area contributed by atoms with Crippen LogP contribution in [0.5, 0.6) is 5.75 Å². The molecule has 13 heteroatoms. The molecule has 1 unspecified atom stereocenters. The summed E-state index contributed by atoms with van der Waals surface area (Å²) in [7, 11) is 0. The average molecular weight is 535 g/mol. The molecule has 0 N–H and O–H groups in total. The number of carboxylic acid groups (broad SMARTS) is 4. The van der Waals surface area contributed by atoms with Gasteiger partial charge >= 0.3 is 0 Å². The highest BCUT2D eigenvalue weighted by atomic mass is 16.5. The van der Waals surface area contributed by atoms with Crippen molar-refractivity contribution in [3.8, 4) is 5.75 Å². The van der Waals surface area contributed by atoms with Crippen LogP contribution in [0.3, 0.4) is 0 Å². The molecule has 0 spiro atoms. The van der Waals surface area contributed by atoms with Gasteiger partial charge < -0.3 is 44.3 Å². The lowest BCUT2D eigenvalue weighted by Crippen LogP contribution is -2.56. The monoisotopic (exact) mass is 534 g/mol. The maximum absolute atomic E-state index is 11.7. The topological polar surface area (TPSA) is 183 Å². The first-order valence-corrected chi connectivity index (χ1v) is 12.5. The minimum absolute atomic E-state index is 0.0112. The summed E-state index contributed by atoms with van der Waals surface area (Å²) < 4.78 is 5.48. The van der Waals surface area contributed by atoms with Crippen molar-refractivity contribution in [2.45, 2.75) is 25.9 Å². The molecule has 1 aliphatic heterocycles. The number of ether oxygens (including phenoxy) is 1. The average Bonchev–Trinajstić information content (AvgIpc) is 2.83. The van der Waals surface area contributed by atoms with Crippen molar-refractivity contribution in [2.75, 3.05) is 72.1 Å². The molecule has 1 aliphatic rings. The predicted octanol–water partition coefficient (Wildman–Crippen LogP) is -5.43. The first kappa shape index (κ1) is 31.0. The molecule has 1 saturated heterocycles. The van der Waals surface area contributed by atoms with Gasteiger partial charge in [-0.15, -0.1) is 0 Å². The van der Waals surface area contributed by atoms with Crippen LogP contribution in [0.2, 0.25) is 0 Å². The molecule has 212 valence electrons. The lowest BCUT2D eigenvalue weighted by atomic mass is 10.1. The highest BCUT2D eigenvalue weighted by Crippen LogP contribution is 2.14. The fourth-order valence-corrected chi connectivity index (χ4v) is 4.34. The second kappa shape index (κ2) is 15.9. The maximum atomic E-state index is 11.7. The molecule has 0 radical (unpaired) electrons. The Kier molecular flexibility index (Phi) is 12.9. The van der Waals surface area contributed by atoms with Crippen LogP contribution in [0.25, 0.3) is 0 Å². The Balaban J connectivity index is 2.24. The Morgan fingerprint density at radius 3 is 1.63 bits per heavy atom. The van der Waals surface area contributed by atoms with Crippen LogP contribution >= 0.6 is 0 Å². The van der Waals surface area contributed by atoms with E-state index in [1.54, 1.807) is 9.80 Å². The number of nitrogens with zero attached hydrogens (tertiary/aromatic N) is 4. The summed E-state index contributed by atoms with van der Waals surface area (Å²) in [6, 6.07) is 6.04. The number of aliphatic carboxylic acids is 4. The second-order valence-corrected chi connectivity index (χ2v) is 9.10. The van der Waals surface area contributed by atoms with E-state index in [0.717, 1.165) is 11.3 Å². The number of hydrogen-bond acceptors (Lipinski definition) is 13. The van der Waals surface area contributed by atoms with Crippen LogP contribution in [-0.4, -0.2) is 122 Å². The SMILES string of the molecule is CCOc1ccc(CN2CCN(CC(=O)[O-])CCN(C(CC(=O)[O-])C(=O)[O-])CCN(CC(=O)[O-])CC2)cc1. The third kappa shape index (κ3) is 11.4. The molecule has 1 aromatic rings. The second-order valence-electron chi connectivity index (χ2n) is 9.10. The van der Waals surface area contributed by atoms with Crippen molar-refractivity contribution in [3.63, 3.8) is 0 Å². The van der Waals surface area contributed by atoms with E-state index >= 15 is 0 Å². The summed E-state index contributed by atoms with van der Waals surface area (Å²) in [5.74, 6) is -5.04. The van der Waals surface area contributed by atoms with Crippen LogP contribution in [0.15, 0.2) is 24.3 Å². The molecule has 0 aliphatic carbocycles. The summed E-state index contributed by atoms with van der Waals surface area (Å²) in [6.07, 6.45) is -0.820. The van der Waals surface area contributed by atoms with Crippen molar-refractivity contribution >= 4 is 23.9 Å². The van der Waals surface area contributed by atoms with Crippen LogP contribution < -0.4 is 25.2 Å². The number of carboxylic acids is 4. The first-order valence-electron chi connectivity index (χ1n) is 12.5. The van der Waals surface area contributed by atoms with Crippen molar-refractivity contribution in [1.29, 1.82) is 0 Å². The van der Waals surface area contributed by atoms with Gasteiger partial charge in [-0.3, -0.25) is 19.6 Å². The van der Waals surface area contributed by atoms with E-state index in [2.05, 4.69) is 4.90 Å². The Morgan fingerprint density at radius 1 is 0.737 bits per heavy atom. The van der Waals surface area contributed by atoms with Gasteiger partial charge in [0.25, 0.3) is 0 Å². The van der Waals surface area contributed by atoms with Crippen molar-refractivity contribution in [3.05, 3.63) is 29.8 Å². The van der Waals surface area contributed by atoms with Gasteiger partial charge in [-0.2, -0.15) is 0 Å². The number of hydrogen-bond donors (Lipinski definition) is 0. The molecule has 38 heavy (non-hydrogen) atoms. The molecule has 1 atom stereocenters. The Labute approximate surface area is 221 Å². The molecule has 0 bridgehead atoms. The van der Waals surface area contributed by atoms with E-state index in [1.807, 2.05) is 31.2 Å². The van der Waals surface area contributed by atoms with Gasteiger partial charge in [0.05, 0.1) is 30.6 Å². The summed E-state index contributed by atoms with van der Waals surface area (Å²) in [5.41, 5.74) is 0.990. The third-order valence-corrected chi connectivity index (χ3v) is 6.29. The van der Waals surface area contributed by atoms with Crippen LogP contribution in [0.1, 0.15) is 18.9 Å². The first-order chi connectivity index (χ1) is 18.1. The molecule has 0 saturated carbocycles. The number of rotatable bonds is 12. The smallest absolute Gasteiger partial charge is 0.119 e. The van der Waals surface area contributed by atoms with Gasteiger partial charge in [0.1, 0.15) is 5.75 Å². The van der Waals surface area contributed by atoms with Gasteiger partial charge in [0.15, 0.2) is 0 Å². The lowest BCUT2D eigenvalue weighted by molar-refractivity contribution is -0.321. The lowest BCUT2D eigenvalue weighted by Gasteiger charge is -2.38. The number of benzene rings is 1. The standard InChI is InChI=1S/C25H38N4O9/c1-2-38-20-5-3-19(4-6-20)16-26-7-9-27(17-23(32)33)11-13-29(21(25(36)37)15-22(30)31)14-12-28(10-8-26)18-24(34)35/h3-6,21H,2,7-18H2,1H3,(H,30,31)(H,32,33)(H,34,35)(H,36,37)/p-4. The minimum Gasteiger partial charge on any atom is -0.550 e. The largest absolute Gasteiger partial charge is 0.550 e. The highest BCUT2D eigenvalue weighted by Gasteiger charge is 2.23. The molecular weight excluding hydrogens is 500 g/mol. The van der Waals surface area contributed by atoms with E-state index in [0.29, 0.717) is 39.3 Å². The fourth-order valence-electron chi connectivity index (χ4n) is 4.34. The van der Waals surface area contributed by atoms with E-state index in [9.17, 15) is 39.6 Å². The van der Waals surface area contributed by atoms with Gasteiger partial charge in [-0.05, 0) is 24.6 Å². The van der Waals surface area contributed by atoms with Crippen LogP contribution in [0.4, 0.5) is 0 Å². The van der Waals surface area contributed by atoms with Gasteiger partial charge in [0, 0.05) is 84.4 Å². The maximum Gasteiger partial charge on any atom is 0.119 e. The molecule has 1 heterocycles. The Hall–Kier alpha value is -3.26. The quantitative estimate of drug-likeness (QED) is 0.248. The van der Waals surface area contributed by atoms with E-state index < -0.39 is 49.4 Å². The van der Waals surface area contributed by atoms with Crippen molar-refractivity contribution < 1.29 is 44.3 Å². The summed E-state index contributed by atoms with van der Waals surface area (Å²) >= 11 is 0. The molecular formula is C25H34N4O9-4. The van der Waals surface area contributed by atoms with Crippen molar-refractivity contribution in [2.24, 2.45) is 0 Å². The number of carbonyl (C=O) groups is 4. The van der Waals surface area contributed by atoms with E-state index in [1.165, 1.54) is 4.90 Å².